The molecule has 86 valence electrons. The van der Waals surface area contributed by atoms with E-state index in [4.69, 9.17) is 9.84 Å². The SMILES string of the molecule is CCOC(=O)C1CCn2ccc(C(=O)O)c21. The Morgan fingerprint density at radius 3 is 3.00 bits per heavy atom. The fraction of sp³-hybridized carbons (Fsp3) is 0.455. The number of aromatic carboxylic acids is 1. The van der Waals surface area contributed by atoms with Crippen molar-refractivity contribution in [2.75, 3.05) is 6.61 Å². The zero-order valence-electron chi connectivity index (χ0n) is 8.97. The molecule has 1 aromatic heterocycles. The predicted octanol–water partition coefficient (Wildman–Crippen LogP) is 1.24. The van der Waals surface area contributed by atoms with Crippen molar-refractivity contribution in [3.63, 3.8) is 0 Å². The number of fused-ring (bicyclic) bond motifs is 1. The molecule has 5 nitrogen and oxygen atoms in total. The summed E-state index contributed by atoms with van der Waals surface area (Å²) in [5.74, 6) is -1.76. The molecule has 1 atom stereocenters. The summed E-state index contributed by atoms with van der Waals surface area (Å²) in [4.78, 5) is 22.6. The van der Waals surface area contributed by atoms with Crippen LogP contribution >= 0.6 is 0 Å². The number of carbonyl (C=O) groups excluding carboxylic acids is 1. The number of ether oxygens (including phenoxy) is 1. The Balaban J connectivity index is 2.33. The number of carbonyl (C=O) groups is 2. The predicted molar refractivity (Wildman–Crippen MR) is 55.4 cm³/mol. The molecule has 0 saturated carbocycles. The van der Waals surface area contributed by atoms with Gasteiger partial charge in [0, 0.05) is 18.4 Å². The summed E-state index contributed by atoms with van der Waals surface area (Å²) in [5.41, 5.74) is 0.779. The van der Waals surface area contributed by atoms with E-state index in [9.17, 15) is 9.59 Å². The van der Waals surface area contributed by atoms with Gasteiger partial charge in [0.1, 0.15) is 0 Å². The summed E-state index contributed by atoms with van der Waals surface area (Å²) in [6.07, 6.45) is 2.33. The van der Waals surface area contributed by atoms with Crippen LogP contribution in [0.25, 0.3) is 0 Å². The van der Waals surface area contributed by atoms with Crippen LogP contribution in [0.4, 0.5) is 0 Å². The Kier molecular flexibility index (Phi) is 2.68. The van der Waals surface area contributed by atoms with Crippen molar-refractivity contribution in [2.45, 2.75) is 25.8 Å². The average Bonchev–Trinajstić information content (AvgIpc) is 2.76. The van der Waals surface area contributed by atoms with Gasteiger partial charge in [-0.25, -0.2) is 4.79 Å². The van der Waals surface area contributed by atoms with Gasteiger partial charge in [0.15, 0.2) is 0 Å². The topological polar surface area (TPSA) is 68.5 Å². The summed E-state index contributed by atoms with van der Waals surface area (Å²) in [7, 11) is 0. The molecule has 1 N–H and O–H groups in total. The third-order valence-electron chi connectivity index (χ3n) is 2.80. The van der Waals surface area contributed by atoms with Crippen molar-refractivity contribution in [2.24, 2.45) is 0 Å². The lowest BCUT2D eigenvalue weighted by molar-refractivity contribution is -0.144. The number of aryl methyl sites for hydroxylation is 1. The number of hydrogen-bond donors (Lipinski definition) is 1. The summed E-state index contributed by atoms with van der Waals surface area (Å²) in [6.45, 7) is 2.73. The Morgan fingerprint density at radius 2 is 2.38 bits per heavy atom. The maximum atomic E-state index is 11.7. The largest absolute Gasteiger partial charge is 0.478 e. The second kappa shape index (κ2) is 4.00. The van der Waals surface area contributed by atoms with Crippen LogP contribution < -0.4 is 0 Å². The molecule has 0 aromatic carbocycles. The number of carboxylic acid groups (broad SMARTS) is 1. The molecule has 0 fully saturated rings. The number of rotatable bonds is 3. The standard InChI is InChI=1S/C11H13NO4/c1-2-16-11(15)8-4-6-12-5-3-7(9(8)12)10(13)14/h3,5,8H,2,4,6H2,1H3,(H,13,14). The summed E-state index contributed by atoms with van der Waals surface area (Å²) >= 11 is 0. The fourth-order valence-electron chi connectivity index (χ4n) is 2.13. The van der Waals surface area contributed by atoms with Crippen molar-refractivity contribution < 1.29 is 19.4 Å². The second-order valence-electron chi connectivity index (χ2n) is 3.71. The molecule has 2 rings (SSSR count). The molecular weight excluding hydrogens is 210 g/mol. The van der Waals surface area contributed by atoms with Gasteiger partial charge in [0.05, 0.1) is 18.1 Å². The highest BCUT2D eigenvalue weighted by atomic mass is 16.5. The van der Waals surface area contributed by atoms with Gasteiger partial charge in [-0.2, -0.15) is 0 Å². The summed E-state index contributed by atoms with van der Waals surface area (Å²) in [6, 6.07) is 1.53. The molecule has 0 amide bonds. The van der Waals surface area contributed by atoms with Gasteiger partial charge in [-0.05, 0) is 19.4 Å². The van der Waals surface area contributed by atoms with Gasteiger partial charge in [0.2, 0.25) is 0 Å². The molecule has 0 aliphatic carbocycles. The highest BCUT2D eigenvalue weighted by molar-refractivity contribution is 5.92. The first-order valence-electron chi connectivity index (χ1n) is 5.24. The number of esters is 1. The van der Waals surface area contributed by atoms with Crippen LogP contribution in [0.3, 0.4) is 0 Å². The minimum absolute atomic E-state index is 0.204. The normalized spacial score (nSPS) is 18.2. The van der Waals surface area contributed by atoms with E-state index >= 15 is 0 Å². The maximum absolute atomic E-state index is 11.7. The monoisotopic (exact) mass is 223 g/mol. The third kappa shape index (κ3) is 1.58. The Hall–Kier alpha value is -1.78. The molecule has 0 saturated heterocycles. The molecule has 2 heterocycles. The number of nitrogens with zero attached hydrogens (tertiary/aromatic N) is 1. The van der Waals surface area contributed by atoms with Crippen LogP contribution in [-0.4, -0.2) is 28.2 Å². The van der Waals surface area contributed by atoms with Crippen LogP contribution in [0.2, 0.25) is 0 Å². The zero-order chi connectivity index (χ0) is 11.7. The van der Waals surface area contributed by atoms with Crippen molar-refractivity contribution in [1.29, 1.82) is 0 Å². The zero-order valence-corrected chi connectivity index (χ0v) is 8.97. The summed E-state index contributed by atoms with van der Waals surface area (Å²) in [5, 5.41) is 9.00. The molecule has 1 aliphatic heterocycles. The highest BCUT2D eigenvalue weighted by Crippen LogP contribution is 2.32. The van der Waals surface area contributed by atoms with E-state index in [0.717, 1.165) is 0 Å². The van der Waals surface area contributed by atoms with Crippen LogP contribution in [0.1, 0.15) is 35.3 Å². The molecule has 16 heavy (non-hydrogen) atoms. The smallest absolute Gasteiger partial charge is 0.337 e. The van der Waals surface area contributed by atoms with Gasteiger partial charge in [0.25, 0.3) is 0 Å². The molecule has 0 spiro atoms. The van der Waals surface area contributed by atoms with E-state index in [-0.39, 0.29) is 11.5 Å². The second-order valence-corrected chi connectivity index (χ2v) is 3.71. The van der Waals surface area contributed by atoms with Gasteiger partial charge < -0.3 is 14.4 Å². The molecule has 1 aromatic rings. The maximum Gasteiger partial charge on any atom is 0.337 e. The Morgan fingerprint density at radius 1 is 1.62 bits per heavy atom. The third-order valence-corrected chi connectivity index (χ3v) is 2.80. The van der Waals surface area contributed by atoms with Crippen LogP contribution in [0, 0.1) is 0 Å². The van der Waals surface area contributed by atoms with E-state index in [1.54, 1.807) is 13.1 Å². The Labute approximate surface area is 92.6 Å². The minimum atomic E-state index is -0.995. The first-order valence-corrected chi connectivity index (χ1v) is 5.24. The average molecular weight is 223 g/mol. The van der Waals surface area contributed by atoms with Crippen molar-refractivity contribution in [3.05, 3.63) is 23.5 Å². The van der Waals surface area contributed by atoms with E-state index < -0.39 is 11.9 Å². The van der Waals surface area contributed by atoms with E-state index in [2.05, 4.69) is 0 Å². The molecule has 5 heteroatoms. The van der Waals surface area contributed by atoms with Gasteiger partial charge in [-0.1, -0.05) is 0 Å². The molecule has 0 bridgehead atoms. The first-order chi connectivity index (χ1) is 7.65. The van der Waals surface area contributed by atoms with E-state index in [1.807, 2.05) is 4.57 Å². The molecule has 1 aliphatic rings. The quantitative estimate of drug-likeness (QED) is 0.783. The number of aromatic nitrogens is 1. The fourth-order valence-corrected chi connectivity index (χ4v) is 2.13. The van der Waals surface area contributed by atoms with E-state index in [1.165, 1.54) is 6.07 Å². The number of hydrogen-bond acceptors (Lipinski definition) is 3. The molecular formula is C11H13NO4. The highest BCUT2D eigenvalue weighted by Gasteiger charge is 2.34. The van der Waals surface area contributed by atoms with Crippen molar-refractivity contribution in [3.8, 4) is 0 Å². The number of carboxylic acids is 1. The molecule has 0 radical (unpaired) electrons. The first kappa shape index (κ1) is 10.7. The Bertz CT molecular complexity index is 435. The van der Waals surface area contributed by atoms with Gasteiger partial charge in [-0.3, -0.25) is 4.79 Å². The van der Waals surface area contributed by atoms with E-state index in [0.29, 0.717) is 25.3 Å². The van der Waals surface area contributed by atoms with Crippen LogP contribution in [-0.2, 0) is 16.1 Å². The lowest BCUT2D eigenvalue weighted by Crippen LogP contribution is -2.16. The van der Waals surface area contributed by atoms with Crippen molar-refractivity contribution in [1.82, 2.24) is 4.57 Å². The molecule has 1 unspecified atom stereocenters. The minimum Gasteiger partial charge on any atom is -0.478 e. The van der Waals surface area contributed by atoms with Crippen LogP contribution in [0.15, 0.2) is 12.3 Å². The van der Waals surface area contributed by atoms with Crippen molar-refractivity contribution >= 4 is 11.9 Å². The van der Waals surface area contributed by atoms with Gasteiger partial charge in [-0.15, -0.1) is 0 Å². The van der Waals surface area contributed by atoms with Gasteiger partial charge >= 0.3 is 11.9 Å². The lowest BCUT2D eigenvalue weighted by atomic mass is 10.0. The lowest BCUT2D eigenvalue weighted by Gasteiger charge is -2.09. The summed E-state index contributed by atoms with van der Waals surface area (Å²) < 4.78 is 6.75. The van der Waals surface area contributed by atoms with Crippen LogP contribution in [0.5, 0.6) is 0 Å².